The van der Waals surface area contributed by atoms with E-state index < -0.39 is 6.04 Å². The van der Waals surface area contributed by atoms with Crippen LogP contribution in [0, 0.1) is 12.8 Å². The lowest BCUT2D eigenvalue weighted by Gasteiger charge is -2.31. The first-order valence-electron chi connectivity index (χ1n) is 12.0. The van der Waals surface area contributed by atoms with E-state index in [0.29, 0.717) is 23.7 Å². The molecule has 5 nitrogen and oxygen atoms in total. The van der Waals surface area contributed by atoms with Gasteiger partial charge in [-0.15, -0.1) is 0 Å². The van der Waals surface area contributed by atoms with Gasteiger partial charge in [-0.25, -0.2) is 0 Å². The number of benzene rings is 3. The molecule has 1 N–H and O–H groups in total. The number of nitrogens with zero attached hydrogens (tertiary/aromatic N) is 1. The lowest BCUT2D eigenvalue weighted by Crippen LogP contribution is -2.52. The number of hydrogen-bond acceptors (Lipinski definition) is 3. The third kappa shape index (κ3) is 8.38. The minimum Gasteiger partial charge on any atom is -0.484 e. The van der Waals surface area contributed by atoms with Gasteiger partial charge in [0.25, 0.3) is 5.91 Å². The van der Waals surface area contributed by atoms with E-state index in [9.17, 15) is 9.59 Å². The van der Waals surface area contributed by atoms with Crippen molar-refractivity contribution in [2.45, 2.75) is 39.8 Å². The van der Waals surface area contributed by atoms with Gasteiger partial charge < -0.3 is 15.0 Å². The summed E-state index contributed by atoms with van der Waals surface area (Å²) in [6, 6.07) is 21.9. The van der Waals surface area contributed by atoms with E-state index in [4.69, 9.17) is 16.3 Å². The van der Waals surface area contributed by atoms with E-state index in [-0.39, 0.29) is 30.9 Å². The second-order valence-corrected chi connectivity index (χ2v) is 10.5. The maximum absolute atomic E-state index is 13.6. The Morgan fingerprint density at radius 2 is 1.69 bits per heavy atom. The van der Waals surface area contributed by atoms with Crippen LogP contribution in [0.25, 0.3) is 0 Å². The molecule has 0 aromatic heterocycles. The number of hydrogen-bond donors (Lipinski definition) is 1. The number of ether oxygens (including phenoxy) is 1. The maximum atomic E-state index is 13.6. The van der Waals surface area contributed by atoms with Gasteiger partial charge in [-0.1, -0.05) is 83.8 Å². The van der Waals surface area contributed by atoms with Crippen LogP contribution in [-0.4, -0.2) is 35.9 Å². The molecule has 0 heterocycles. The van der Waals surface area contributed by atoms with E-state index in [1.165, 1.54) is 0 Å². The fraction of sp³-hybridized carbons (Fsp3) is 0.310. The first-order chi connectivity index (χ1) is 17.2. The zero-order valence-electron chi connectivity index (χ0n) is 20.8. The molecular formula is C29H32BrClN2O3. The Labute approximate surface area is 226 Å². The normalized spacial score (nSPS) is 11.7. The largest absolute Gasteiger partial charge is 0.484 e. The molecule has 0 aliphatic rings. The Morgan fingerprint density at radius 1 is 1.00 bits per heavy atom. The summed E-state index contributed by atoms with van der Waals surface area (Å²) in [4.78, 5) is 28.6. The molecule has 0 saturated carbocycles. The molecule has 0 bridgehead atoms. The van der Waals surface area contributed by atoms with Crippen LogP contribution in [0.3, 0.4) is 0 Å². The van der Waals surface area contributed by atoms with E-state index >= 15 is 0 Å². The average Bonchev–Trinajstić information content (AvgIpc) is 2.87. The molecule has 3 rings (SSSR count). The van der Waals surface area contributed by atoms with Crippen LogP contribution in [-0.2, 0) is 22.6 Å². The highest BCUT2D eigenvalue weighted by atomic mass is 79.9. The minimum atomic E-state index is -0.704. The number of nitrogens with one attached hydrogen (secondary N) is 1. The lowest BCUT2D eigenvalue weighted by molar-refractivity contribution is -0.142. The molecule has 0 spiro atoms. The van der Waals surface area contributed by atoms with Gasteiger partial charge in [0.1, 0.15) is 11.8 Å². The fourth-order valence-electron chi connectivity index (χ4n) is 3.70. The highest BCUT2D eigenvalue weighted by Gasteiger charge is 2.30. The van der Waals surface area contributed by atoms with Crippen molar-refractivity contribution < 1.29 is 14.3 Å². The quantitative estimate of drug-likeness (QED) is 0.298. The number of halogens is 2. The average molecular weight is 572 g/mol. The van der Waals surface area contributed by atoms with Crippen molar-refractivity contribution in [1.82, 2.24) is 10.2 Å². The molecule has 1 atom stereocenters. The molecule has 36 heavy (non-hydrogen) atoms. The Balaban J connectivity index is 1.89. The van der Waals surface area contributed by atoms with Gasteiger partial charge >= 0.3 is 0 Å². The highest BCUT2D eigenvalue weighted by Crippen LogP contribution is 2.22. The summed E-state index contributed by atoms with van der Waals surface area (Å²) in [6.07, 6.45) is 0.390. The van der Waals surface area contributed by atoms with E-state index in [0.717, 1.165) is 21.2 Å². The zero-order valence-corrected chi connectivity index (χ0v) is 23.2. The highest BCUT2D eigenvalue weighted by molar-refractivity contribution is 9.10. The summed E-state index contributed by atoms with van der Waals surface area (Å²) in [5, 5.41) is 3.63. The number of rotatable bonds is 11. The second kappa shape index (κ2) is 13.5. The molecule has 0 aliphatic carbocycles. The van der Waals surface area contributed by atoms with Crippen molar-refractivity contribution in [1.29, 1.82) is 0 Å². The van der Waals surface area contributed by atoms with E-state index in [1.807, 2.05) is 81.4 Å². The maximum Gasteiger partial charge on any atom is 0.261 e. The van der Waals surface area contributed by atoms with Gasteiger partial charge in [-0.3, -0.25) is 9.59 Å². The first kappa shape index (κ1) is 27.8. The molecule has 1 unspecified atom stereocenters. The minimum absolute atomic E-state index is 0.183. The van der Waals surface area contributed by atoms with Gasteiger partial charge in [0.15, 0.2) is 6.61 Å². The fourth-order valence-corrected chi connectivity index (χ4v) is 4.07. The topological polar surface area (TPSA) is 58.6 Å². The third-order valence-corrected chi connectivity index (χ3v) is 6.86. The second-order valence-electron chi connectivity index (χ2n) is 9.19. The summed E-state index contributed by atoms with van der Waals surface area (Å²) >= 11 is 9.56. The summed E-state index contributed by atoms with van der Waals surface area (Å²) in [6.45, 7) is 6.64. The summed E-state index contributed by atoms with van der Waals surface area (Å²) in [5.41, 5.74) is 2.86. The van der Waals surface area contributed by atoms with Crippen LogP contribution in [0.1, 0.15) is 30.5 Å². The monoisotopic (exact) mass is 570 g/mol. The molecule has 0 radical (unpaired) electrons. The lowest BCUT2D eigenvalue weighted by atomic mass is 10.0. The van der Waals surface area contributed by atoms with E-state index in [1.54, 1.807) is 17.0 Å². The van der Waals surface area contributed by atoms with Crippen LogP contribution in [0.15, 0.2) is 77.3 Å². The molecule has 0 saturated heterocycles. The molecule has 0 fully saturated rings. The SMILES string of the molecule is Cc1cc(OCC(=O)N(Cc2ccc(Cl)cc2)C(Cc2ccccc2)C(=O)NCC(C)C)ccc1Br. The number of amides is 2. The van der Waals surface area contributed by atoms with Crippen LogP contribution >= 0.6 is 27.5 Å². The molecule has 7 heteroatoms. The van der Waals surface area contributed by atoms with Gasteiger partial charge in [0, 0.05) is 29.0 Å². The standard InChI is InChI=1S/C29H32BrClN2O3/c1-20(2)17-32-29(35)27(16-22-7-5-4-6-8-22)33(18-23-9-11-24(31)12-10-23)28(34)19-36-25-13-14-26(30)21(3)15-25/h4-15,20,27H,16-19H2,1-3H3,(H,32,35). The summed E-state index contributed by atoms with van der Waals surface area (Å²) in [7, 11) is 0. The molecule has 3 aromatic rings. The smallest absolute Gasteiger partial charge is 0.261 e. The van der Waals surface area contributed by atoms with Crippen LogP contribution in [0.5, 0.6) is 5.75 Å². The van der Waals surface area contributed by atoms with Crippen molar-refractivity contribution in [3.05, 3.63) is 99.0 Å². The van der Waals surface area contributed by atoms with Crippen molar-refractivity contribution in [2.24, 2.45) is 5.92 Å². The molecule has 2 amide bonds. The van der Waals surface area contributed by atoms with Gasteiger partial charge in [0.2, 0.25) is 5.91 Å². The molecule has 190 valence electrons. The predicted octanol–water partition coefficient (Wildman–Crippen LogP) is 6.20. The molecule has 3 aromatic carbocycles. The van der Waals surface area contributed by atoms with Gasteiger partial charge in [-0.05, 0) is 59.9 Å². The zero-order chi connectivity index (χ0) is 26.1. The van der Waals surface area contributed by atoms with Crippen molar-refractivity contribution in [2.75, 3.05) is 13.2 Å². The Morgan fingerprint density at radius 3 is 2.33 bits per heavy atom. The first-order valence-corrected chi connectivity index (χ1v) is 13.1. The Hall–Kier alpha value is -2.83. The number of carbonyl (C=O) groups is 2. The van der Waals surface area contributed by atoms with Crippen molar-refractivity contribution in [3.63, 3.8) is 0 Å². The number of aryl methyl sites for hydroxylation is 1. The number of carbonyl (C=O) groups excluding carboxylic acids is 2. The summed E-state index contributed by atoms with van der Waals surface area (Å²) in [5.74, 6) is 0.426. The van der Waals surface area contributed by atoms with Gasteiger partial charge in [0.05, 0.1) is 0 Å². The summed E-state index contributed by atoms with van der Waals surface area (Å²) < 4.78 is 6.82. The Bertz CT molecular complexity index is 1150. The van der Waals surface area contributed by atoms with Gasteiger partial charge in [-0.2, -0.15) is 0 Å². The van der Waals surface area contributed by atoms with E-state index in [2.05, 4.69) is 21.2 Å². The van der Waals surface area contributed by atoms with Crippen molar-refractivity contribution >= 4 is 39.3 Å². The van der Waals surface area contributed by atoms with Crippen molar-refractivity contribution in [3.8, 4) is 5.75 Å². The van der Waals surface area contributed by atoms with Crippen LogP contribution in [0.2, 0.25) is 5.02 Å². The molecule has 0 aliphatic heterocycles. The Kier molecular flexibility index (Phi) is 10.4. The van der Waals surface area contributed by atoms with Crippen LogP contribution in [0.4, 0.5) is 0 Å². The molecular weight excluding hydrogens is 540 g/mol. The predicted molar refractivity (Wildman–Crippen MR) is 148 cm³/mol. The van der Waals surface area contributed by atoms with Crippen LogP contribution < -0.4 is 10.1 Å². The third-order valence-electron chi connectivity index (χ3n) is 5.71.